The van der Waals surface area contributed by atoms with Crippen LogP contribution in [-0.4, -0.2) is 140 Å². The van der Waals surface area contributed by atoms with E-state index >= 15 is 0 Å². The van der Waals surface area contributed by atoms with E-state index < -0.39 is 5.91 Å². The molecule has 0 unspecified atom stereocenters. The summed E-state index contributed by atoms with van der Waals surface area (Å²) in [4.78, 5) is 73.8. The van der Waals surface area contributed by atoms with Crippen LogP contribution in [-0.2, 0) is 28.7 Å². The van der Waals surface area contributed by atoms with Gasteiger partial charge in [0, 0.05) is 46.5 Å². The second kappa shape index (κ2) is 41.6. The van der Waals surface area contributed by atoms with Crippen molar-refractivity contribution in [2.24, 2.45) is 5.73 Å². The first-order valence-corrected chi connectivity index (χ1v) is 24.3. The number of unbranched alkanes of at least 4 members (excludes halogenated alkanes) is 21. The van der Waals surface area contributed by atoms with E-state index in [1.54, 1.807) is 16.9 Å². The average Bonchev–Trinajstić information content (AvgIpc) is 3.23. The van der Waals surface area contributed by atoms with Gasteiger partial charge in [0.2, 0.25) is 29.5 Å². The van der Waals surface area contributed by atoms with Crippen LogP contribution in [0.25, 0.3) is 0 Å². The lowest BCUT2D eigenvalue weighted by atomic mass is 10.1. The lowest BCUT2D eigenvalue weighted by Gasteiger charge is -2.31. The summed E-state index contributed by atoms with van der Waals surface area (Å²) in [5, 5.41) is 12.2. The van der Waals surface area contributed by atoms with Crippen LogP contribution >= 0.6 is 0 Å². The Labute approximate surface area is 366 Å². The Kier molecular flexibility index (Phi) is 39.7. The highest BCUT2D eigenvalue weighted by Crippen LogP contribution is 2.13. The number of carbonyl (C=O) groups excluding carboxylic acids is 5. The summed E-state index contributed by atoms with van der Waals surface area (Å²) in [7, 11) is 1.60. The molecule has 0 aromatic heterocycles. The lowest BCUT2D eigenvalue weighted by Crippen LogP contribution is -2.51. The Morgan fingerprint density at radius 1 is 0.450 bits per heavy atom. The second-order valence-electron chi connectivity index (χ2n) is 16.8. The van der Waals surface area contributed by atoms with Crippen molar-refractivity contribution in [2.75, 3.05) is 85.8 Å². The number of nitrogens with one attached hydrogen (secondary N) is 1. The van der Waals surface area contributed by atoms with Crippen LogP contribution in [0.3, 0.4) is 0 Å². The monoisotopic (exact) mass is 853 g/mol. The first-order valence-electron chi connectivity index (χ1n) is 24.3. The molecule has 0 saturated heterocycles. The van der Waals surface area contributed by atoms with Crippen molar-refractivity contribution in [3.63, 3.8) is 0 Å². The van der Waals surface area contributed by atoms with Crippen LogP contribution in [0, 0.1) is 0 Å². The fraction of sp³-hybridized carbons (Fsp3) is 0.894. The maximum Gasteiger partial charge on any atom is 0.242 e. The summed E-state index contributed by atoms with van der Waals surface area (Å²) in [5.74, 6) is -1.75. The Hall–Kier alpha value is -2.77. The maximum absolute atomic E-state index is 14.3. The van der Waals surface area contributed by atoms with Crippen LogP contribution < -0.4 is 11.1 Å². The van der Waals surface area contributed by atoms with Gasteiger partial charge in [-0.3, -0.25) is 24.0 Å². The van der Waals surface area contributed by atoms with Gasteiger partial charge in [-0.1, -0.05) is 156 Å². The number of methoxy groups -OCH3 is 1. The van der Waals surface area contributed by atoms with E-state index in [-0.39, 0.29) is 63.0 Å². The summed E-state index contributed by atoms with van der Waals surface area (Å²) in [6.45, 7) is 8.32. The highest BCUT2D eigenvalue weighted by molar-refractivity contribution is 5.91. The zero-order chi connectivity index (χ0) is 44.5. The van der Waals surface area contributed by atoms with E-state index in [1.165, 1.54) is 86.8 Å². The smallest absolute Gasteiger partial charge is 0.242 e. The van der Waals surface area contributed by atoms with E-state index in [2.05, 4.69) is 26.1 Å². The first kappa shape index (κ1) is 57.2. The van der Waals surface area contributed by atoms with Gasteiger partial charge in [0.25, 0.3) is 0 Å². The van der Waals surface area contributed by atoms with Gasteiger partial charge in [-0.15, -0.1) is 0 Å². The van der Waals surface area contributed by atoms with E-state index in [0.717, 1.165) is 77.0 Å². The molecule has 0 radical (unpaired) electrons. The van der Waals surface area contributed by atoms with Crippen LogP contribution in [0.1, 0.15) is 188 Å². The molecule has 0 fully saturated rings. The number of hydrogen-bond acceptors (Lipinski definition) is 8. The molecule has 13 nitrogen and oxygen atoms in total. The van der Waals surface area contributed by atoms with Gasteiger partial charge in [0.05, 0.1) is 32.7 Å². The predicted molar refractivity (Wildman–Crippen MR) is 244 cm³/mol. The zero-order valence-electron chi connectivity index (χ0n) is 39.1. The number of carbonyl (C=O) groups is 5. The zero-order valence-corrected chi connectivity index (χ0v) is 39.1. The molecular weight excluding hydrogens is 761 g/mol. The Morgan fingerprint density at radius 2 is 0.767 bits per heavy atom. The van der Waals surface area contributed by atoms with Crippen molar-refractivity contribution in [3.05, 3.63) is 0 Å². The van der Waals surface area contributed by atoms with Gasteiger partial charge in [-0.25, -0.2) is 0 Å². The SMILES string of the molecule is CCCCCCCCCCN(CC(N)=O)C(=O)CN(CCCCCCCCCC)C(=O)CN(CCCCCCCCCC)C(=O)CN(CCCOC)C(=O)CNCCCO. The number of hydrogen-bond donors (Lipinski definition) is 3. The normalized spacial score (nSPS) is 11.2. The van der Waals surface area contributed by atoms with Crippen molar-refractivity contribution in [3.8, 4) is 0 Å². The molecule has 0 rings (SSSR count). The van der Waals surface area contributed by atoms with E-state index in [1.807, 2.05) is 0 Å². The van der Waals surface area contributed by atoms with E-state index in [4.69, 9.17) is 15.6 Å². The maximum atomic E-state index is 14.3. The summed E-state index contributed by atoms with van der Waals surface area (Å²) in [5.41, 5.74) is 5.61. The van der Waals surface area contributed by atoms with Crippen LogP contribution in [0.2, 0.25) is 0 Å². The molecule has 4 N–H and O–H groups in total. The molecule has 0 aliphatic carbocycles. The fourth-order valence-electron chi connectivity index (χ4n) is 7.37. The number of rotatable bonds is 44. The highest BCUT2D eigenvalue weighted by atomic mass is 16.5. The van der Waals surface area contributed by atoms with E-state index in [0.29, 0.717) is 52.2 Å². The largest absolute Gasteiger partial charge is 0.396 e. The minimum atomic E-state index is -0.584. The molecule has 0 spiro atoms. The number of nitrogens with zero attached hydrogens (tertiary/aromatic N) is 4. The summed E-state index contributed by atoms with van der Waals surface area (Å²) in [6.07, 6.45) is 27.3. The second-order valence-corrected chi connectivity index (χ2v) is 16.8. The van der Waals surface area contributed by atoms with Crippen molar-refractivity contribution >= 4 is 29.5 Å². The number of amides is 5. The quantitative estimate of drug-likeness (QED) is 0.0541. The third-order valence-electron chi connectivity index (χ3n) is 11.1. The predicted octanol–water partition coefficient (Wildman–Crippen LogP) is 7.22. The molecule has 0 aromatic carbocycles. The number of nitrogens with two attached hydrogens (primary N) is 1. The molecule has 13 heteroatoms. The van der Waals surface area contributed by atoms with Crippen molar-refractivity contribution in [1.29, 1.82) is 0 Å². The third-order valence-corrected chi connectivity index (χ3v) is 11.1. The molecule has 5 amide bonds. The molecule has 60 heavy (non-hydrogen) atoms. The number of aliphatic hydroxyl groups excluding tert-OH is 1. The molecule has 0 heterocycles. The Balaban J connectivity index is 6.09. The molecule has 0 aromatic rings. The number of ether oxygens (including phenoxy) is 1. The van der Waals surface area contributed by atoms with Crippen molar-refractivity contribution < 1.29 is 33.8 Å². The Morgan fingerprint density at radius 3 is 1.10 bits per heavy atom. The van der Waals surface area contributed by atoms with E-state index in [9.17, 15) is 24.0 Å². The average molecular weight is 853 g/mol. The van der Waals surface area contributed by atoms with Gasteiger partial charge in [-0.2, -0.15) is 0 Å². The fourth-order valence-corrected chi connectivity index (χ4v) is 7.37. The van der Waals surface area contributed by atoms with Gasteiger partial charge in [-0.05, 0) is 38.6 Å². The van der Waals surface area contributed by atoms with Crippen LogP contribution in [0.15, 0.2) is 0 Å². The summed E-state index contributed by atoms with van der Waals surface area (Å²) < 4.78 is 5.23. The van der Waals surface area contributed by atoms with Crippen molar-refractivity contribution in [2.45, 2.75) is 188 Å². The van der Waals surface area contributed by atoms with Crippen LogP contribution in [0.5, 0.6) is 0 Å². The van der Waals surface area contributed by atoms with Gasteiger partial charge < -0.3 is 40.5 Å². The highest BCUT2D eigenvalue weighted by Gasteiger charge is 2.27. The summed E-state index contributed by atoms with van der Waals surface area (Å²) >= 11 is 0. The molecule has 0 atom stereocenters. The topological polar surface area (TPSA) is 166 Å². The Bertz CT molecular complexity index is 1080. The van der Waals surface area contributed by atoms with Gasteiger partial charge in [0.15, 0.2) is 0 Å². The minimum absolute atomic E-state index is 0.0169. The minimum Gasteiger partial charge on any atom is -0.396 e. The third kappa shape index (κ3) is 32.9. The van der Waals surface area contributed by atoms with Gasteiger partial charge >= 0.3 is 0 Å². The molecule has 352 valence electrons. The standard InChI is InChI=1S/C47H92N6O7/c1-5-8-11-14-17-20-23-26-32-50(39-43(48)55)45(57)41-52(33-27-24-21-18-15-12-9-6-2)47(59)42-53(34-28-25-22-19-16-13-10-7-3)46(58)40-51(35-30-37-60-4)44(56)38-49-31-29-36-54/h49,54H,5-42H2,1-4H3,(H2,48,55). The first-order chi connectivity index (χ1) is 29.1. The van der Waals surface area contributed by atoms with Crippen molar-refractivity contribution in [1.82, 2.24) is 24.9 Å². The van der Waals surface area contributed by atoms with Gasteiger partial charge in [0.1, 0.15) is 0 Å². The number of primary amides is 1. The lowest BCUT2D eigenvalue weighted by molar-refractivity contribution is -0.146. The molecule has 0 aliphatic rings. The molecular formula is C47H92N6O7. The molecule has 0 bridgehead atoms. The number of aliphatic hydroxyl groups is 1. The van der Waals surface area contributed by atoms with Crippen LogP contribution in [0.4, 0.5) is 0 Å². The molecule has 0 saturated carbocycles. The molecule has 0 aliphatic heterocycles. The summed E-state index contributed by atoms with van der Waals surface area (Å²) in [6, 6.07) is 0.